The normalized spacial score (nSPS) is 11.7. The van der Waals surface area contributed by atoms with E-state index in [1.54, 1.807) is 18.4 Å². The van der Waals surface area contributed by atoms with Crippen molar-refractivity contribution >= 4 is 28.2 Å². The molecule has 0 amide bonds. The summed E-state index contributed by atoms with van der Waals surface area (Å²) < 4.78 is 0. The van der Waals surface area contributed by atoms with Gasteiger partial charge in [0.25, 0.3) is 0 Å². The van der Waals surface area contributed by atoms with Crippen LogP contribution in [0.1, 0.15) is 16.0 Å². The molecule has 0 bridgehead atoms. The molecule has 24 heavy (non-hydrogen) atoms. The molecule has 124 valence electrons. The van der Waals surface area contributed by atoms with Gasteiger partial charge < -0.3 is 10.6 Å². The summed E-state index contributed by atoms with van der Waals surface area (Å²) in [7, 11) is 1.80. The molecule has 0 saturated carbocycles. The first-order valence-electron chi connectivity index (χ1n) is 8.08. The molecular weight excluding hydrogens is 316 g/mol. The van der Waals surface area contributed by atoms with E-state index in [1.165, 1.54) is 21.4 Å². The van der Waals surface area contributed by atoms with E-state index in [9.17, 15) is 0 Å². The van der Waals surface area contributed by atoms with Gasteiger partial charge >= 0.3 is 0 Å². The SMILES string of the molecule is CN=C(NCCc1cccc2cccnc12)NCc1sccc1C. The number of nitrogens with one attached hydrogen (secondary N) is 2. The van der Waals surface area contributed by atoms with Crippen molar-refractivity contribution in [3.63, 3.8) is 0 Å². The molecule has 1 aromatic carbocycles. The number of nitrogens with zero attached hydrogens (tertiary/aromatic N) is 2. The topological polar surface area (TPSA) is 49.3 Å². The minimum Gasteiger partial charge on any atom is -0.356 e. The highest BCUT2D eigenvalue weighted by molar-refractivity contribution is 7.10. The lowest BCUT2D eigenvalue weighted by molar-refractivity contribution is 0.799. The monoisotopic (exact) mass is 338 g/mol. The second kappa shape index (κ2) is 7.93. The first-order chi connectivity index (χ1) is 11.8. The van der Waals surface area contributed by atoms with Crippen LogP contribution in [-0.2, 0) is 13.0 Å². The average molecular weight is 338 g/mol. The number of thiophene rings is 1. The van der Waals surface area contributed by atoms with E-state index in [0.29, 0.717) is 0 Å². The highest BCUT2D eigenvalue weighted by atomic mass is 32.1. The number of hydrogen-bond donors (Lipinski definition) is 2. The van der Waals surface area contributed by atoms with E-state index in [-0.39, 0.29) is 0 Å². The number of aryl methyl sites for hydroxylation is 1. The van der Waals surface area contributed by atoms with E-state index in [2.05, 4.69) is 63.2 Å². The minimum absolute atomic E-state index is 0.805. The Hall–Kier alpha value is -2.40. The van der Waals surface area contributed by atoms with Gasteiger partial charge in [-0.1, -0.05) is 24.3 Å². The number of aliphatic imine (C=N–C) groups is 1. The summed E-state index contributed by atoms with van der Waals surface area (Å²) in [4.78, 5) is 10.1. The highest BCUT2D eigenvalue weighted by Crippen LogP contribution is 2.16. The van der Waals surface area contributed by atoms with Crippen LogP contribution in [0.5, 0.6) is 0 Å². The van der Waals surface area contributed by atoms with Gasteiger partial charge in [0.2, 0.25) is 0 Å². The summed E-state index contributed by atoms with van der Waals surface area (Å²) in [6.07, 6.45) is 2.76. The number of para-hydroxylation sites is 1. The highest BCUT2D eigenvalue weighted by Gasteiger charge is 2.04. The van der Waals surface area contributed by atoms with Gasteiger partial charge in [0, 0.05) is 30.1 Å². The molecular formula is C19H22N4S. The predicted octanol–water partition coefficient (Wildman–Crippen LogP) is 3.51. The largest absolute Gasteiger partial charge is 0.356 e. The van der Waals surface area contributed by atoms with Crippen molar-refractivity contribution < 1.29 is 0 Å². The predicted molar refractivity (Wildman–Crippen MR) is 103 cm³/mol. The summed E-state index contributed by atoms with van der Waals surface area (Å²) in [5.74, 6) is 0.830. The van der Waals surface area contributed by atoms with Crippen molar-refractivity contribution in [1.29, 1.82) is 0 Å². The molecule has 0 unspecified atom stereocenters. The fourth-order valence-corrected chi connectivity index (χ4v) is 3.50. The Balaban J connectivity index is 1.55. The number of pyridine rings is 1. The molecule has 0 aliphatic heterocycles. The van der Waals surface area contributed by atoms with Crippen LogP contribution in [0.3, 0.4) is 0 Å². The molecule has 4 nitrogen and oxygen atoms in total. The zero-order chi connectivity index (χ0) is 16.8. The van der Waals surface area contributed by atoms with E-state index in [4.69, 9.17) is 0 Å². The van der Waals surface area contributed by atoms with Gasteiger partial charge in [0.15, 0.2) is 5.96 Å². The fourth-order valence-electron chi connectivity index (χ4n) is 2.65. The Morgan fingerprint density at radius 1 is 1.17 bits per heavy atom. The molecule has 2 aromatic heterocycles. The van der Waals surface area contributed by atoms with Gasteiger partial charge in [-0.2, -0.15) is 0 Å². The van der Waals surface area contributed by atoms with Crippen molar-refractivity contribution in [3.8, 4) is 0 Å². The van der Waals surface area contributed by atoms with Crippen LogP contribution < -0.4 is 10.6 Å². The number of guanidine groups is 1. The maximum Gasteiger partial charge on any atom is 0.191 e. The number of aromatic nitrogens is 1. The van der Waals surface area contributed by atoms with Crippen molar-refractivity contribution in [1.82, 2.24) is 15.6 Å². The Kier molecular flexibility index (Phi) is 5.43. The Bertz CT molecular complexity index is 833. The van der Waals surface area contributed by atoms with Gasteiger partial charge in [0.05, 0.1) is 12.1 Å². The summed E-state index contributed by atoms with van der Waals surface area (Å²) in [6.45, 7) is 3.76. The van der Waals surface area contributed by atoms with Gasteiger partial charge in [-0.05, 0) is 42.0 Å². The van der Waals surface area contributed by atoms with Gasteiger partial charge in [0.1, 0.15) is 0 Å². The lowest BCUT2D eigenvalue weighted by Crippen LogP contribution is -2.37. The van der Waals surface area contributed by atoms with Crippen molar-refractivity contribution in [2.45, 2.75) is 19.9 Å². The molecule has 3 aromatic rings. The first-order valence-corrected chi connectivity index (χ1v) is 8.96. The standard InChI is InChI=1S/C19H22N4S/c1-14-9-12-24-17(14)13-23-19(20-2)22-11-8-16-6-3-5-15-7-4-10-21-18(15)16/h3-7,9-10,12H,8,11,13H2,1-2H3,(H2,20,22,23). The lowest BCUT2D eigenvalue weighted by Gasteiger charge is -2.12. The van der Waals surface area contributed by atoms with Gasteiger partial charge in [-0.3, -0.25) is 9.98 Å². The smallest absolute Gasteiger partial charge is 0.191 e. The Morgan fingerprint density at radius 2 is 2.04 bits per heavy atom. The molecule has 0 radical (unpaired) electrons. The van der Waals surface area contributed by atoms with Gasteiger partial charge in [-0.25, -0.2) is 0 Å². The van der Waals surface area contributed by atoms with Crippen LogP contribution in [0.2, 0.25) is 0 Å². The van der Waals surface area contributed by atoms with Crippen LogP contribution in [0, 0.1) is 6.92 Å². The van der Waals surface area contributed by atoms with E-state index < -0.39 is 0 Å². The van der Waals surface area contributed by atoms with Crippen molar-refractivity contribution in [2.75, 3.05) is 13.6 Å². The van der Waals surface area contributed by atoms with Crippen molar-refractivity contribution in [2.24, 2.45) is 4.99 Å². The molecule has 0 aliphatic carbocycles. The molecule has 0 aliphatic rings. The third-order valence-corrected chi connectivity index (χ3v) is 5.03. The van der Waals surface area contributed by atoms with Crippen LogP contribution in [0.4, 0.5) is 0 Å². The lowest BCUT2D eigenvalue weighted by atomic mass is 10.1. The van der Waals surface area contributed by atoms with Crippen molar-refractivity contribution in [3.05, 3.63) is 64.0 Å². The summed E-state index contributed by atoms with van der Waals surface area (Å²) >= 11 is 1.77. The number of fused-ring (bicyclic) bond motifs is 1. The first kappa shape index (κ1) is 16.5. The zero-order valence-electron chi connectivity index (χ0n) is 14.0. The quantitative estimate of drug-likeness (QED) is 0.553. The summed E-state index contributed by atoms with van der Waals surface area (Å²) in [5, 5.41) is 10.1. The van der Waals surface area contributed by atoms with Crippen LogP contribution in [0.15, 0.2) is 53.0 Å². The molecule has 2 N–H and O–H groups in total. The molecule has 3 rings (SSSR count). The fraction of sp³-hybridized carbons (Fsp3) is 0.263. The molecule has 0 atom stereocenters. The van der Waals surface area contributed by atoms with E-state index >= 15 is 0 Å². The second-order valence-corrected chi connectivity index (χ2v) is 6.62. The molecule has 2 heterocycles. The Labute approximate surface area is 146 Å². The van der Waals surface area contributed by atoms with Crippen LogP contribution >= 0.6 is 11.3 Å². The third-order valence-electron chi connectivity index (χ3n) is 4.01. The zero-order valence-corrected chi connectivity index (χ0v) is 14.9. The van der Waals surface area contributed by atoms with E-state index in [1.807, 2.05) is 12.3 Å². The molecule has 0 spiro atoms. The van der Waals surface area contributed by atoms with Crippen LogP contribution in [0.25, 0.3) is 10.9 Å². The molecule has 5 heteroatoms. The maximum atomic E-state index is 4.51. The number of rotatable bonds is 5. The average Bonchev–Trinajstić information content (AvgIpc) is 3.03. The number of hydrogen-bond acceptors (Lipinski definition) is 3. The molecule has 0 saturated heterocycles. The molecule has 0 fully saturated rings. The van der Waals surface area contributed by atoms with Crippen LogP contribution in [-0.4, -0.2) is 24.5 Å². The number of benzene rings is 1. The second-order valence-electron chi connectivity index (χ2n) is 5.62. The Morgan fingerprint density at radius 3 is 2.83 bits per heavy atom. The summed E-state index contributed by atoms with van der Waals surface area (Å²) in [6, 6.07) is 12.6. The third kappa shape index (κ3) is 3.92. The van der Waals surface area contributed by atoms with E-state index in [0.717, 1.165) is 31.0 Å². The maximum absolute atomic E-state index is 4.51. The minimum atomic E-state index is 0.805. The summed E-state index contributed by atoms with van der Waals surface area (Å²) in [5.41, 5.74) is 3.66. The van der Waals surface area contributed by atoms with Gasteiger partial charge in [-0.15, -0.1) is 11.3 Å².